The minimum absolute atomic E-state index is 0. The van der Waals surface area contributed by atoms with Crippen LogP contribution < -0.4 is 0 Å². The maximum absolute atomic E-state index is 11.4. The molecule has 0 aliphatic carbocycles. The Bertz CT molecular complexity index is 315. The second-order valence-electron chi connectivity index (χ2n) is 5.28. The molecule has 0 aromatic rings. The van der Waals surface area contributed by atoms with Crippen LogP contribution in [0.15, 0.2) is 11.1 Å². The summed E-state index contributed by atoms with van der Waals surface area (Å²) in [7, 11) is 0. The van der Waals surface area contributed by atoms with Crippen LogP contribution in [0.25, 0.3) is 0 Å². The number of Topliss-reactive ketones (excluding diaryl/α,β-unsaturated/α-hetero) is 2. The maximum Gasteiger partial charge on any atom is 0 e. The Kier molecular flexibility index (Phi) is 19.4. The first kappa shape index (κ1) is 26.0. The Morgan fingerprint density at radius 2 is 1.10 bits per heavy atom. The number of allylic oxidation sites excluding steroid dienone is 4. The van der Waals surface area contributed by atoms with E-state index >= 15 is 0 Å². The van der Waals surface area contributed by atoms with Crippen molar-refractivity contribution in [1.82, 2.24) is 0 Å². The number of hydrogen-bond acceptors (Lipinski definition) is 2. The first-order chi connectivity index (χ1) is 8.31. The molecule has 0 aliphatic heterocycles. The average molecular weight is 426 g/mol. The van der Waals surface area contributed by atoms with Crippen LogP contribution >= 0.6 is 0 Å². The third-order valence-corrected chi connectivity index (χ3v) is 2.51. The summed E-state index contributed by atoms with van der Waals surface area (Å²) >= 11 is 0. The zero-order valence-electron chi connectivity index (χ0n) is 13.4. The molecule has 108 valence electrons. The van der Waals surface area contributed by atoms with Gasteiger partial charge in [0.2, 0.25) is 0 Å². The molecule has 2 radical (unpaired) electrons. The summed E-state index contributed by atoms with van der Waals surface area (Å²) in [5.74, 6) is 0.504. The Balaban J connectivity index is -0.00000144. The summed E-state index contributed by atoms with van der Waals surface area (Å²) in [6.07, 6.45) is 8.25. The standard InChI is InChI=1S/C16H24O2.2Y/c1-12(2)10-15(17)8-6-14(5)7-9-16(18)11-13(3)4;;/h14H,6-9H2,1-5H3;;/q-2;;. The van der Waals surface area contributed by atoms with Gasteiger partial charge in [-0.15, -0.1) is 0 Å². The second-order valence-corrected chi connectivity index (χ2v) is 5.28. The van der Waals surface area contributed by atoms with Crippen LogP contribution in [0.2, 0.25) is 0 Å². The van der Waals surface area contributed by atoms with Crippen LogP contribution in [0.1, 0.15) is 60.3 Å². The van der Waals surface area contributed by atoms with Crippen LogP contribution in [0.3, 0.4) is 0 Å². The molecule has 20 heavy (non-hydrogen) atoms. The minimum atomic E-state index is 0. The molecular weight excluding hydrogens is 402 g/mol. The number of ketones is 2. The molecule has 0 amide bonds. The summed E-state index contributed by atoms with van der Waals surface area (Å²) in [5.41, 5.74) is 1.84. The summed E-state index contributed by atoms with van der Waals surface area (Å²) in [6.45, 7) is 9.56. The summed E-state index contributed by atoms with van der Waals surface area (Å²) in [6, 6.07) is 0. The van der Waals surface area contributed by atoms with Gasteiger partial charge in [-0.05, 0) is 43.2 Å². The van der Waals surface area contributed by atoms with E-state index in [2.05, 4.69) is 19.1 Å². The van der Waals surface area contributed by atoms with Gasteiger partial charge in [0.15, 0.2) is 0 Å². The van der Waals surface area contributed by atoms with Crippen LogP contribution in [0.5, 0.6) is 0 Å². The Morgan fingerprint density at radius 1 is 0.800 bits per heavy atom. The molecule has 0 saturated heterocycles. The quantitative estimate of drug-likeness (QED) is 0.437. The predicted octanol–water partition coefficient (Wildman–Crippen LogP) is 3.85. The topological polar surface area (TPSA) is 34.1 Å². The molecule has 0 saturated carbocycles. The van der Waals surface area contributed by atoms with Crippen molar-refractivity contribution in [2.75, 3.05) is 0 Å². The number of hydrogen-bond donors (Lipinski definition) is 0. The maximum atomic E-state index is 11.4. The predicted molar refractivity (Wildman–Crippen MR) is 73.9 cm³/mol. The molecule has 2 nitrogen and oxygen atoms in total. The van der Waals surface area contributed by atoms with Gasteiger partial charge in [0.1, 0.15) is 0 Å². The summed E-state index contributed by atoms with van der Waals surface area (Å²) in [4.78, 5) is 22.9. The van der Waals surface area contributed by atoms with Crippen molar-refractivity contribution in [3.8, 4) is 0 Å². The molecule has 0 bridgehead atoms. The normalized spacial score (nSPS) is 9.10. The van der Waals surface area contributed by atoms with E-state index in [0.29, 0.717) is 18.8 Å². The van der Waals surface area contributed by atoms with Crippen molar-refractivity contribution in [2.45, 2.75) is 60.3 Å². The van der Waals surface area contributed by atoms with Crippen molar-refractivity contribution in [3.05, 3.63) is 23.3 Å². The third-order valence-electron chi connectivity index (χ3n) is 2.51. The molecule has 0 aromatic carbocycles. The molecule has 4 heteroatoms. The number of rotatable bonds is 8. The molecular formula is C16H24O2Y2-2. The molecule has 0 aromatic heterocycles. The first-order valence-electron chi connectivity index (χ1n) is 6.51. The fourth-order valence-electron chi connectivity index (χ4n) is 1.58. The van der Waals surface area contributed by atoms with Gasteiger partial charge >= 0.3 is 0 Å². The fourth-order valence-corrected chi connectivity index (χ4v) is 1.58. The van der Waals surface area contributed by atoms with Crippen LogP contribution in [0, 0.1) is 18.1 Å². The van der Waals surface area contributed by atoms with E-state index in [4.69, 9.17) is 0 Å². The van der Waals surface area contributed by atoms with Gasteiger partial charge < -0.3 is 21.7 Å². The molecule has 0 heterocycles. The second kappa shape index (κ2) is 14.9. The molecule has 0 unspecified atom stereocenters. The van der Waals surface area contributed by atoms with Crippen molar-refractivity contribution in [2.24, 2.45) is 5.92 Å². The monoisotopic (exact) mass is 426 g/mol. The minimum Gasteiger partial charge on any atom is -0.428 e. The fraction of sp³-hybridized carbons (Fsp3) is 0.625. The molecule has 0 fully saturated rings. The van der Waals surface area contributed by atoms with Gasteiger partial charge in [-0.25, -0.2) is 0 Å². The zero-order valence-corrected chi connectivity index (χ0v) is 19.1. The Morgan fingerprint density at radius 3 is 1.35 bits per heavy atom. The van der Waals surface area contributed by atoms with E-state index in [9.17, 15) is 9.59 Å². The summed E-state index contributed by atoms with van der Waals surface area (Å²) in [5, 5.41) is 0. The van der Waals surface area contributed by atoms with Gasteiger partial charge in [0, 0.05) is 65.4 Å². The van der Waals surface area contributed by atoms with Crippen LogP contribution in [-0.2, 0) is 75.0 Å². The molecule has 0 atom stereocenters. The van der Waals surface area contributed by atoms with Crippen LogP contribution in [0.4, 0.5) is 0 Å². The summed E-state index contributed by atoms with van der Waals surface area (Å²) < 4.78 is 0. The largest absolute Gasteiger partial charge is 0.428 e. The van der Waals surface area contributed by atoms with Crippen molar-refractivity contribution in [1.29, 1.82) is 0 Å². The first-order valence-corrected chi connectivity index (χ1v) is 6.51. The molecule has 0 rings (SSSR count). The Labute approximate surface area is 174 Å². The molecule has 0 spiro atoms. The van der Waals surface area contributed by atoms with E-state index in [1.54, 1.807) is 0 Å². The van der Waals surface area contributed by atoms with Gasteiger partial charge in [-0.1, -0.05) is 34.6 Å². The van der Waals surface area contributed by atoms with Crippen molar-refractivity contribution < 1.29 is 75.0 Å². The molecule has 0 aliphatic rings. The smallest absolute Gasteiger partial charge is 0 e. The van der Waals surface area contributed by atoms with E-state index in [1.807, 2.05) is 27.7 Å². The van der Waals surface area contributed by atoms with Crippen molar-refractivity contribution in [3.63, 3.8) is 0 Å². The van der Waals surface area contributed by atoms with Crippen LogP contribution in [-0.4, -0.2) is 11.6 Å². The van der Waals surface area contributed by atoms with E-state index in [-0.39, 0.29) is 77.0 Å². The SMILES string of the molecule is CC(C)=[C-]C(=O)CCC(C)CCC(=O)[C-]=C(C)C.[Y].[Y]. The van der Waals surface area contributed by atoms with Gasteiger partial charge in [0.05, 0.1) is 0 Å². The van der Waals surface area contributed by atoms with Gasteiger partial charge in [0.25, 0.3) is 0 Å². The van der Waals surface area contributed by atoms with Crippen molar-refractivity contribution >= 4 is 11.6 Å². The number of carbonyl (C=O) groups is 2. The average Bonchev–Trinajstić information content (AvgIpc) is 2.21. The van der Waals surface area contributed by atoms with E-state index < -0.39 is 0 Å². The third kappa shape index (κ3) is 17.1. The molecule has 0 N–H and O–H groups in total. The number of carbonyl (C=O) groups excluding carboxylic acids is 2. The Hall–Kier alpha value is 1.03. The van der Waals surface area contributed by atoms with Gasteiger partial charge in [-0.3, -0.25) is 11.1 Å². The zero-order chi connectivity index (χ0) is 14.1. The van der Waals surface area contributed by atoms with E-state index in [1.165, 1.54) is 0 Å². The van der Waals surface area contributed by atoms with Gasteiger partial charge in [-0.2, -0.15) is 0 Å². The van der Waals surface area contributed by atoms with E-state index in [0.717, 1.165) is 24.0 Å².